The van der Waals surface area contributed by atoms with Gasteiger partial charge in [0.1, 0.15) is 0 Å². The Morgan fingerprint density at radius 2 is 1.68 bits per heavy atom. The highest BCUT2D eigenvalue weighted by molar-refractivity contribution is 7.92. The number of rotatable bonds is 3. The second kappa shape index (κ2) is 6.52. The molecule has 0 bridgehead atoms. The quantitative estimate of drug-likeness (QED) is 0.845. The molecule has 2 atom stereocenters. The van der Waals surface area contributed by atoms with Crippen LogP contribution in [0.2, 0.25) is 0 Å². The van der Waals surface area contributed by atoms with Crippen molar-refractivity contribution >= 4 is 27.3 Å². The molecule has 0 saturated carbocycles. The van der Waals surface area contributed by atoms with Crippen LogP contribution in [0.3, 0.4) is 0 Å². The lowest BCUT2D eigenvalue weighted by molar-refractivity contribution is -0.117. The minimum atomic E-state index is -3.49. The minimum absolute atomic E-state index is 0.0379. The minimum Gasteiger partial charge on any atom is -0.309 e. The van der Waals surface area contributed by atoms with Gasteiger partial charge < -0.3 is 4.90 Å². The molecule has 2 aromatic carbocycles. The Hall–Kier alpha value is -2.34. The van der Waals surface area contributed by atoms with Gasteiger partial charge in [0.2, 0.25) is 15.9 Å². The van der Waals surface area contributed by atoms with Crippen LogP contribution in [-0.4, -0.2) is 26.6 Å². The maximum atomic E-state index is 12.6. The van der Waals surface area contributed by atoms with Crippen molar-refractivity contribution in [1.82, 2.24) is 0 Å². The summed E-state index contributed by atoms with van der Waals surface area (Å²) in [6.45, 7) is 3.49. The molecule has 25 heavy (non-hydrogen) atoms. The maximum absolute atomic E-state index is 12.6. The normalized spacial score (nSPS) is 20.0. The fourth-order valence-corrected chi connectivity index (χ4v) is 4.83. The summed E-state index contributed by atoms with van der Waals surface area (Å²) in [6.07, 6.45) is 1.77. The van der Waals surface area contributed by atoms with Gasteiger partial charge in [-0.3, -0.25) is 9.10 Å². The Morgan fingerprint density at radius 3 is 2.28 bits per heavy atom. The summed E-state index contributed by atoms with van der Waals surface area (Å²) in [5, 5.41) is 0. The molecule has 6 heteroatoms. The molecular formula is C19H22N2O3S. The molecule has 0 aliphatic carbocycles. The fraction of sp³-hybridized carbons (Fsp3) is 0.316. The average molecular weight is 358 g/mol. The number of anilines is 2. The first-order valence-corrected chi connectivity index (χ1v) is 10.1. The molecule has 132 valence electrons. The van der Waals surface area contributed by atoms with Gasteiger partial charge >= 0.3 is 0 Å². The Kier molecular flexibility index (Phi) is 4.56. The predicted octanol–water partition coefficient (Wildman–Crippen LogP) is 3.34. The summed E-state index contributed by atoms with van der Waals surface area (Å²) in [6, 6.07) is 16.2. The number of sulfonamides is 1. The van der Waals surface area contributed by atoms with Crippen LogP contribution in [0.25, 0.3) is 0 Å². The Labute approximate surface area is 148 Å². The number of carbonyl (C=O) groups excluding carboxylic acids is 1. The molecule has 0 N–H and O–H groups in total. The van der Waals surface area contributed by atoms with Crippen molar-refractivity contribution in [3.8, 4) is 0 Å². The Bertz CT molecular complexity index is 881. The number of benzene rings is 2. The molecule has 0 fully saturated rings. The van der Waals surface area contributed by atoms with Gasteiger partial charge in [-0.1, -0.05) is 36.4 Å². The zero-order chi connectivity index (χ0) is 18.2. The van der Waals surface area contributed by atoms with E-state index in [4.69, 9.17) is 0 Å². The molecule has 0 unspecified atom stereocenters. The SMILES string of the molecule is CC(=O)N1c2ccccc2[C@H](N(c2ccccc2)S(C)(=O)=O)C[C@H]1C. The third-order valence-corrected chi connectivity index (χ3v) is 5.73. The molecular weight excluding hydrogens is 336 g/mol. The second-order valence-electron chi connectivity index (χ2n) is 6.44. The smallest absolute Gasteiger partial charge is 0.232 e. The number of fused-ring (bicyclic) bond motifs is 1. The van der Waals surface area contributed by atoms with E-state index in [9.17, 15) is 13.2 Å². The zero-order valence-corrected chi connectivity index (χ0v) is 15.4. The molecule has 1 aliphatic heterocycles. The van der Waals surface area contributed by atoms with Gasteiger partial charge in [-0.15, -0.1) is 0 Å². The van der Waals surface area contributed by atoms with Crippen molar-refractivity contribution in [3.05, 3.63) is 60.2 Å². The van der Waals surface area contributed by atoms with Crippen molar-refractivity contribution in [2.45, 2.75) is 32.4 Å². The van der Waals surface area contributed by atoms with Crippen molar-refractivity contribution < 1.29 is 13.2 Å². The van der Waals surface area contributed by atoms with Crippen LogP contribution in [0.1, 0.15) is 31.9 Å². The highest BCUT2D eigenvalue weighted by atomic mass is 32.2. The van der Waals surface area contributed by atoms with Crippen LogP contribution < -0.4 is 9.21 Å². The van der Waals surface area contributed by atoms with E-state index < -0.39 is 10.0 Å². The van der Waals surface area contributed by atoms with E-state index in [1.165, 1.54) is 10.6 Å². The van der Waals surface area contributed by atoms with Gasteiger partial charge in [-0.05, 0) is 37.1 Å². The lowest BCUT2D eigenvalue weighted by Crippen LogP contribution is -2.46. The number of carbonyl (C=O) groups is 1. The zero-order valence-electron chi connectivity index (χ0n) is 14.6. The molecule has 2 aromatic rings. The lowest BCUT2D eigenvalue weighted by Gasteiger charge is -2.43. The highest BCUT2D eigenvalue weighted by Crippen LogP contribution is 2.42. The number of para-hydroxylation sites is 2. The fourth-order valence-electron chi connectivity index (χ4n) is 3.66. The topological polar surface area (TPSA) is 57.7 Å². The van der Waals surface area contributed by atoms with Crippen molar-refractivity contribution in [1.29, 1.82) is 0 Å². The Balaban J connectivity index is 2.18. The number of nitrogens with zero attached hydrogens (tertiary/aromatic N) is 2. The van der Waals surface area contributed by atoms with Crippen LogP contribution in [-0.2, 0) is 14.8 Å². The molecule has 1 aliphatic rings. The molecule has 1 amide bonds. The number of amides is 1. The third kappa shape index (κ3) is 3.26. The summed E-state index contributed by atoms with van der Waals surface area (Å²) in [5.41, 5.74) is 2.27. The highest BCUT2D eigenvalue weighted by Gasteiger charge is 2.38. The first-order valence-electron chi connectivity index (χ1n) is 8.24. The van der Waals surface area contributed by atoms with Crippen molar-refractivity contribution in [2.75, 3.05) is 15.5 Å². The van der Waals surface area contributed by atoms with Gasteiger partial charge in [0.25, 0.3) is 0 Å². The van der Waals surface area contributed by atoms with Crippen LogP contribution in [0.5, 0.6) is 0 Å². The maximum Gasteiger partial charge on any atom is 0.232 e. The van der Waals surface area contributed by atoms with Gasteiger partial charge in [-0.2, -0.15) is 0 Å². The van der Waals surface area contributed by atoms with E-state index >= 15 is 0 Å². The summed E-state index contributed by atoms with van der Waals surface area (Å²) >= 11 is 0. The molecule has 0 spiro atoms. The molecule has 5 nitrogen and oxygen atoms in total. The first kappa shape index (κ1) is 17.5. The molecule has 1 heterocycles. The van der Waals surface area contributed by atoms with E-state index in [0.29, 0.717) is 12.1 Å². The predicted molar refractivity (Wildman–Crippen MR) is 100 cm³/mol. The van der Waals surface area contributed by atoms with Gasteiger partial charge in [0.15, 0.2) is 0 Å². The van der Waals surface area contributed by atoms with E-state index in [-0.39, 0.29) is 18.0 Å². The van der Waals surface area contributed by atoms with Gasteiger partial charge in [-0.25, -0.2) is 8.42 Å². The van der Waals surface area contributed by atoms with Crippen LogP contribution in [0.4, 0.5) is 11.4 Å². The van der Waals surface area contributed by atoms with Gasteiger partial charge in [0, 0.05) is 18.7 Å². The van der Waals surface area contributed by atoms with Crippen molar-refractivity contribution in [2.24, 2.45) is 0 Å². The average Bonchev–Trinajstić information content (AvgIpc) is 2.54. The monoisotopic (exact) mass is 358 g/mol. The Morgan fingerprint density at radius 1 is 1.08 bits per heavy atom. The van der Waals surface area contributed by atoms with Crippen molar-refractivity contribution in [3.63, 3.8) is 0 Å². The summed E-state index contributed by atoms with van der Waals surface area (Å²) < 4.78 is 26.7. The van der Waals surface area contributed by atoms with E-state index in [2.05, 4.69) is 0 Å². The lowest BCUT2D eigenvalue weighted by atomic mass is 9.91. The first-order chi connectivity index (χ1) is 11.8. The third-order valence-electron chi connectivity index (χ3n) is 4.55. The molecule has 0 saturated heterocycles. The van der Waals surface area contributed by atoms with Crippen LogP contribution in [0.15, 0.2) is 54.6 Å². The molecule has 0 radical (unpaired) electrons. The van der Waals surface area contributed by atoms with Crippen LogP contribution in [0, 0.1) is 0 Å². The second-order valence-corrected chi connectivity index (χ2v) is 8.30. The van der Waals surface area contributed by atoms with Gasteiger partial charge in [0.05, 0.1) is 18.0 Å². The molecule has 0 aromatic heterocycles. The molecule has 3 rings (SSSR count). The van der Waals surface area contributed by atoms with Crippen LogP contribution >= 0.6 is 0 Å². The summed E-state index contributed by atoms with van der Waals surface area (Å²) in [7, 11) is -3.49. The summed E-state index contributed by atoms with van der Waals surface area (Å²) in [4.78, 5) is 13.9. The number of hydrogen-bond acceptors (Lipinski definition) is 3. The van der Waals surface area contributed by atoms with E-state index in [1.807, 2.05) is 49.4 Å². The summed E-state index contributed by atoms with van der Waals surface area (Å²) in [5.74, 6) is -0.0379. The largest absolute Gasteiger partial charge is 0.309 e. The van der Waals surface area contributed by atoms with E-state index in [1.54, 1.807) is 24.0 Å². The van der Waals surface area contributed by atoms with E-state index in [0.717, 1.165) is 11.3 Å². The standard InChI is InChI=1S/C19H22N2O3S/c1-14-13-19(17-11-7-8-12-18(17)20(14)15(2)22)21(25(3,23)24)16-9-5-4-6-10-16/h4-12,14,19H,13H2,1-3H3/t14-,19-/m1/s1. The number of hydrogen-bond donors (Lipinski definition) is 0.